The molecular formula is C25H26F4N4O2S. The molecule has 0 spiro atoms. The van der Waals surface area contributed by atoms with E-state index in [2.05, 4.69) is 15.3 Å². The number of hydrogen-bond donors (Lipinski definition) is 1. The number of carbonyl (C=O) groups excluding carboxylic acids is 1. The Labute approximate surface area is 210 Å². The summed E-state index contributed by atoms with van der Waals surface area (Å²) in [6.07, 6.45) is -2.20. The minimum absolute atomic E-state index is 0.0739. The maximum atomic E-state index is 13.7. The zero-order valence-corrected chi connectivity index (χ0v) is 20.8. The number of nitrogens with one attached hydrogen (secondary N) is 1. The van der Waals surface area contributed by atoms with Crippen LogP contribution in [0.25, 0.3) is 10.6 Å². The second kappa shape index (κ2) is 10.5. The van der Waals surface area contributed by atoms with E-state index in [1.165, 1.54) is 17.4 Å². The Morgan fingerprint density at radius 3 is 2.61 bits per heavy atom. The number of likely N-dealkylation sites (N-methyl/N-ethyl adjacent to an activating group) is 1. The molecule has 0 saturated carbocycles. The monoisotopic (exact) mass is 522 g/mol. The van der Waals surface area contributed by atoms with Gasteiger partial charge in [0.1, 0.15) is 29.2 Å². The number of aryl methyl sites for hydroxylation is 1. The summed E-state index contributed by atoms with van der Waals surface area (Å²) in [4.78, 5) is 23.9. The lowest BCUT2D eigenvalue weighted by Crippen LogP contribution is -2.30. The minimum atomic E-state index is -4.53. The van der Waals surface area contributed by atoms with Crippen molar-refractivity contribution in [3.8, 4) is 16.3 Å². The van der Waals surface area contributed by atoms with Gasteiger partial charge in [-0.1, -0.05) is 6.07 Å². The number of pyridine rings is 1. The van der Waals surface area contributed by atoms with Crippen molar-refractivity contribution in [2.45, 2.75) is 44.7 Å². The largest absolute Gasteiger partial charge is 0.492 e. The van der Waals surface area contributed by atoms with E-state index in [4.69, 9.17) is 4.74 Å². The maximum absolute atomic E-state index is 13.7. The van der Waals surface area contributed by atoms with Crippen LogP contribution >= 0.6 is 11.3 Å². The first-order chi connectivity index (χ1) is 17.0. The fourth-order valence-corrected chi connectivity index (χ4v) is 4.77. The molecule has 1 amide bonds. The maximum Gasteiger partial charge on any atom is 0.433 e. The molecule has 3 heterocycles. The third-order valence-corrected chi connectivity index (χ3v) is 7.00. The van der Waals surface area contributed by atoms with Crippen LogP contribution in [-0.4, -0.2) is 53.2 Å². The molecule has 1 N–H and O–H groups in total. The number of rotatable bonds is 7. The highest BCUT2D eigenvalue weighted by molar-refractivity contribution is 7.14. The molecule has 1 aliphatic heterocycles. The zero-order valence-electron chi connectivity index (χ0n) is 20.0. The normalized spacial score (nSPS) is 19.3. The second-order valence-electron chi connectivity index (χ2n) is 8.93. The lowest BCUT2D eigenvalue weighted by atomic mass is 10.1. The first kappa shape index (κ1) is 26.0. The Morgan fingerprint density at radius 1 is 1.25 bits per heavy atom. The molecule has 1 aromatic carbocycles. The van der Waals surface area contributed by atoms with Gasteiger partial charge in [0.05, 0.1) is 6.04 Å². The molecular weight excluding hydrogens is 496 g/mol. The van der Waals surface area contributed by atoms with Crippen molar-refractivity contribution in [2.24, 2.45) is 0 Å². The van der Waals surface area contributed by atoms with E-state index >= 15 is 0 Å². The van der Waals surface area contributed by atoms with Gasteiger partial charge in [0.15, 0.2) is 0 Å². The van der Waals surface area contributed by atoms with Crippen LogP contribution in [-0.2, 0) is 6.18 Å². The predicted molar refractivity (Wildman–Crippen MR) is 129 cm³/mol. The van der Waals surface area contributed by atoms with Crippen molar-refractivity contribution in [1.82, 2.24) is 20.2 Å². The summed E-state index contributed by atoms with van der Waals surface area (Å²) >= 11 is 1.47. The molecule has 1 saturated heterocycles. The van der Waals surface area contributed by atoms with Crippen LogP contribution in [0.4, 0.5) is 17.6 Å². The van der Waals surface area contributed by atoms with E-state index in [0.717, 1.165) is 17.1 Å². The summed E-state index contributed by atoms with van der Waals surface area (Å²) in [5, 5.41) is 3.52. The van der Waals surface area contributed by atoms with Crippen LogP contribution in [0.3, 0.4) is 0 Å². The summed E-state index contributed by atoms with van der Waals surface area (Å²) in [5.41, 5.74) is 0.447. The van der Waals surface area contributed by atoms with Gasteiger partial charge in [-0.25, -0.2) is 9.37 Å². The quantitative estimate of drug-likeness (QED) is 0.419. The van der Waals surface area contributed by atoms with Gasteiger partial charge in [-0.3, -0.25) is 14.7 Å². The summed E-state index contributed by atoms with van der Waals surface area (Å²) < 4.78 is 58.1. The zero-order chi connectivity index (χ0) is 26.0. The van der Waals surface area contributed by atoms with Gasteiger partial charge in [0, 0.05) is 41.0 Å². The number of alkyl halides is 4. The Balaban J connectivity index is 1.53. The van der Waals surface area contributed by atoms with Crippen LogP contribution in [0.15, 0.2) is 42.7 Å². The van der Waals surface area contributed by atoms with E-state index in [0.29, 0.717) is 40.4 Å². The van der Waals surface area contributed by atoms with Gasteiger partial charge in [-0.05, 0) is 57.1 Å². The van der Waals surface area contributed by atoms with E-state index in [1.54, 1.807) is 31.3 Å². The highest BCUT2D eigenvalue weighted by atomic mass is 32.1. The third-order valence-electron chi connectivity index (χ3n) is 6.04. The fraction of sp³-hybridized carbons (Fsp3) is 0.400. The first-order valence-corrected chi connectivity index (χ1v) is 12.2. The van der Waals surface area contributed by atoms with Crippen molar-refractivity contribution >= 4 is 17.2 Å². The van der Waals surface area contributed by atoms with Gasteiger partial charge in [-0.15, -0.1) is 11.3 Å². The smallest absolute Gasteiger partial charge is 0.433 e. The van der Waals surface area contributed by atoms with E-state index in [1.807, 2.05) is 18.9 Å². The molecule has 0 radical (unpaired) electrons. The number of halogens is 4. The molecule has 1 fully saturated rings. The van der Waals surface area contributed by atoms with Crippen LogP contribution in [0.1, 0.15) is 45.9 Å². The van der Waals surface area contributed by atoms with Gasteiger partial charge in [0.25, 0.3) is 5.91 Å². The van der Waals surface area contributed by atoms with Crippen LogP contribution < -0.4 is 10.1 Å². The van der Waals surface area contributed by atoms with Gasteiger partial charge in [0.2, 0.25) is 0 Å². The van der Waals surface area contributed by atoms with E-state index in [-0.39, 0.29) is 12.6 Å². The molecule has 0 aliphatic carbocycles. The Hall–Kier alpha value is -3.05. The Kier molecular flexibility index (Phi) is 7.60. The summed E-state index contributed by atoms with van der Waals surface area (Å²) in [5.74, 6) is 0.0224. The second-order valence-corrected chi connectivity index (χ2v) is 10.2. The summed E-state index contributed by atoms with van der Waals surface area (Å²) in [7, 11) is 1.85. The highest BCUT2D eigenvalue weighted by Crippen LogP contribution is 2.31. The Morgan fingerprint density at radius 2 is 2.03 bits per heavy atom. The SMILES string of the molecule is Cc1cnc(-c2cc(OCC3CC(F)CN3C)cc(C(=O)NC(C)c3ccc(C(F)(F)F)nc3)c2)s1. The van der Waals surface area contributed by atoms with Crippen molar-refractivity contribution in [3.05, 3.63) is 64.4 Å². The number of benzene rings is 1. The van der Waals surface area contributed by atoms with Crippen LogP contribution in [0.5, 0.6) is 5.75 Å². The van der Waals surface area contributed by atoms with Crippen LogP contribution in [0.2, 0.25) is 0 Å². The number of likely N-dealkylation sites (tertiary alicyclic amines) is 1. The van der Waals surface area contributed by atoms with E-state index < -0.39 is 30.0 Å². The molecule has 4 rings (SSSR count). The number of ether oxygens (including phenoxy) is 1. The molecule has 11 heteroatoms. The van der Waals surface area contributed by atoms with Gasteiger partial charge >= 0.3 is 6.18 Å². The summed E-state index contributed by atoms with van der Waals surface area (Å²) in [6.45, 7) is 4.22. The molecule has 0 bridgehead atoms. The molecule has 192 valence electrons. The number of aromatic nitrogens is 2. The number of nitrogens with zero attached hydrogens (tertiary/aromatic N) is 3. The molecule has 3 atom stereocenters. The molecule has 2 aromatic heterocycles. The van der Waals surface area contributed by atoms with Crippen molar-refractivity contribution < 1.29 is 27.1 Å². The Bertz CT molecular complexity index is 1220. The van der Waals surface area contributed by atoms with Crippen molar-refractivity contribution in [2.75, 3.05) is 20.2 Å². The van der Waals surface area contributed by atoms with Gasteiger partial charge < -0.3 is 10.1 Å². The van der Waals surface area contributed by atoms with Crippen molar-refractivity contribution in [1.29, 1.82) is 0 Å². The molecule has 3 unspecified atom stereocenters. The first-order valence-electron chi connectivity index (χ1n) is 11.4. The third kappa shape index (κ3) is 6.19. The molecule has 36 heavy (non-hydrogen) atoms. The topological polar surface area (TPSA) is 67.3 Å². The average Bonchev–Trinajstić information content (AvgIpc) is 3.41. The van der Waals surface area contributed by atoms with Crippen molar-refractivity contribution in [3.63, 3.8) is 0 Å². The number of hydrogen-bond acceptors (Lipinski definition) is 6. The van der Waals surface area contributed by atoms with Crippen LogP contribution in [0, 0.1) is 6.92 Å². The molecule has 3 aromatic rings. The lowest BCUT2D eigenvalue weighted by molar-refractivity contribution is -0.141. The summed E-state index contributed by atoms with van der Waals surface area (Å²) in [6, 6.07) is 6.60. The minimum Gasteiger partial charge on any atom is -0.492 e. The highest BCUT2D eigenvalue weighted by Gasteiger charge is 2.32. The number of amides is 1. The number of carbonyl (C=O) groups is 1. The van der Waals surface area contributed by atoms with Gasteiger partial charge in [-0.2, -0.15) is 13.2 Å². The van der Waals surface area contributed by atoms with E-state index in [9.17, 15) is 22.4 Å². The predicted octanol–water partition coefficient (Wildman–Crippen LogP) is 5.44. The standard InChI is InChI=1S/C25H26F4N4O2S/c1-14-10-31-24(36-14)18-6-17(7-21(8-18)35-13-20-9-19(26)12-33(20)3)23(34)32-15(2)16-4-5-22(30-11-16)25(27,28)29/h4-8,10-11,15,19-20H,9,12-13H2,1-3H3,(H,32,34). The molecule has 6 nitrogen and oxygen atoms in total. The molecule has 1 aliphatic rings. The average molecular weight is 523 g/mol. The number of thiazole rings is 1. The fourth-order valence-electron chi connectivity index (χ4n) is 4.02. The lowest BCUT2D eigenvalue weighted by Gasteiger charge is -2.20.